The van der Waals surface area contributed by atoms with Crippen LogP contribution in [0.25, 0.3) is 11.3 Å². The van der Waals surface area contributed by atoms with Crippen LogP contribution in [-0.2, 0) is 17.6 Å². The normalized spacial score (nSPS) is 18.8. The van der Waals surface area contributed by atoms with E-state index in [2.05, 4.69) is 17.1 Å². The predicted octanol–water partition coefficient (Wildman–Crippen LogP) is 4.98. The van der Waals surface area contributed by atoms with Crippen molar-refractivity contribution in [3.63, 3.8) is 0 Å². The maximum Gasteiger partial charge on any atom is 0.410 e. The average Bonchev–Trinajstić information content (AvgIpc) is 3.26. The van der Waals surface area contributed by atoms with Gasteiger partial charge in [0.2, 0.25) is 0 Å². The van der Waals surface area contributed by atoms with Gasteiger partial charge in [0.25, 0.3) is 0 Å². The van der Waals surface area contributed by atoms with Crippen molar-refractivity contribution in [3.05, 3.63) is 35.3 Å². The van der Waals surface area contributed by atoms with Gasteiger partial charge in [-0.25, -0.2) is 9.78 Å². The third-order valence-electron chi connectivity index (χ3n) is 5.06. The SMILES string of the molecule is CC(C)(C)OC(=O)N1CCCC1c1nc2c([nH]1)CCc1cc(OI)ccc1-2. The lowest BCUT2D eigenvalue weighted by molar-refractivity contribution is 0.0218. The Morgan fingerprint density at radius 3 is 2.89 bits per heavy atom. The molecule has 7 heteroatoms. The first kappa shape index (κ1) is 18.6. The molecule has 4 rings (SSSR count). The van der Waals surface area contributed by atoms with Crippen molar-refractivity contribution in [2.24, 2.45) is 0 Å². The molecule has 1 unspecified atom stereocenters. The van der Waals surface area contributed by atoms with E-state index in [1.165, 1.54) is 5.56 Å². The molecule has 0 saturated carbocycles. The Morgan fingerprint density at radius 1 is 1.33 bits per heavy atom. The number of nitrogens with zero attached hydrogens (tertiary/aromatic N) is 2. The Balaban J connectivity index is 1.63. The van der Waals surface area contributed by atoms with Gasteiger partial charge >= 0.3 is 6.09 Å². The highest BCUT2D eigenvalue weighted by Crippen LogP contribution is 2.38. The lowest BCUT2D eigenvalue weighted by Crippen LogP contribution is -2.36. The molecule has 6 nitrogen and oxygen atoms in total. The number of aromatic nitrogens is 2. The summed E-state index contributed by atoms with van der Waals surface area (Å²) < 4.78 is 10.9. The van der Waals surface area contributed by atoms with Crippen molar-refractivity contribution >= 4 is 29.1 Å². The molecule has 0 radical (unpaired) electrons. The quantitative estimate of drug-likeness (QED) is 0.615. The van der Waals surface area contributed by atoms with Crippen LogP contribution in [0.5, 0.6) is 5.75 Å². The van der Waals surface area contributed by atoms with Crippen LogP contribution in [0.2, 0.25) is 0 Å². The fourth-order valence-electron chi connectivity index (χ4n) is 3.90. The zero-order chi connectivity index (χ0) is 19.2. The third-order valence-corrected chi connectivity index (χ3v) is 5.57. The van der Waals surface area contributed by atoms with E-state index in [-0.39, 0.29) is 12.1 Å². The highest BCUT2D eigenvalue weighted by Gasteiger charge is 2.36. The topological polar surface area (TPSA) is 67.5 Å². The van der Waals surface area contributed by atoms with E-state index in [9.17, 15) is 4.79 Å². The lowest BCUT2D eigenvalue weighted by atomic mass is 9.92. The Kier molecular flexibility index (Phi) is 4.82. The van der Waals surface area contributed by atoms with Crippen LogP contribution < -0.4 is 3.07 Å². The molecular formula is C20H24IN3O3. The highest BCUT2D eigenvalue weighted by atomic mass is 127. The summed E-state index contributed by atoms with van der Waals surface area (Å²) in [5, 5.41) is 0. The first-order valence-electron chi connectivity index (χ1n) is 9.36. The van der Waals surface area contributed by atoms with Crippen molar-refractivity contribution in [2.75, 3.05) is 6.54 Å². The highest BCUT2D eigenvalue weighted by molar-refractivity contribution is 14.1. The number of nitrogens with one attached hydrogen (secondary N) is 1. The Morgan fingerprint density at radius 2 is 2.15 bits per heavy atom. The van der Waals surface area contributed by atoms with E-state index < -0.39 is 5.60 Å². The van der Waals surface area contributed by atoms with Gasteiger partial charge in [-0.2, -0.15) is 0 Å². The van der Waals surface area contributed by atoms with E-state index in [0.29, 0.717) is 6.54 Å². The number of likely N-dealkylation sites (tertiary alicyclic amines) is 1. The second kappa shape index (κ2) is 7.00. The van der Waals surface area contributed by atoms with Crippen LogP contribution >= 0.6 is 23.0 Å². The van der Waals surface area contributed by atoms with Gasteiger partial charge in [0.15, 0.2) is 23.0 Å². The molecule has 1 N–H and O–H groups in total. The van der Waals surface area contributed by atoms with Gasteiger partial charge in [0.05, 0.1) is 11.7 Å². The molecule has 1 aliphatic heterocycles. The van der Waals surface area contributed by atoms with E-state index in [4.69, 9.17) is 12.8 Å². The summed E-state index contributed by atoms with van der Waals surface area (Å²) in [5.74, 6) is 1.73. The number of amides is 1. The molecule has 2 heterocycles. The van der Waals surface area contributed by atoms with Crippen LogP contribution in [0.15, 0.2) is 18.2 Å². The number of benzene rings is 1. The number of hydrogen-bond donors (Lipinski definition) is 1. The monoisotopic (exact) mass is 481 g/mol. The molecule has 1 aromatic carbocycles. The first-order valence-corrected chi connectivity index (χ1v) is 10.2. The molecule has 0 bridgehead atoms. The Hall–Kier alpha value is -1.77. The summed E-state index contributed by atoms with van der Waals surface area (Å²) >= 11 is 1.90. The number of aryl methyl sites for hydroxylation is 2. The number of hydrogen-bond acceptors (Lipinski definition) is 4. The number of fused-ring (bicyclic) bond motifs is 3. The van der Waals surface area contributed by atoms with Gasteiger partial charge in [0.1, 0.15) is 17.2 Å². The number of aromatic amines is 1. The van der Waals surface area contributed by atoms with Crippen LogP contribution in [0, 0.1) is 0 Å². The second-order valence-corrected chi connectivity index (χ2v) is 8.62. The van der Waals surface area contributed by atoms with Gasteiger partial charge in [-0.05, 0) is 70.2 Å². The van der Waals surface area contributed by atoms with Crippen LogP contribution in [-0.4, -0.2) is 33.1 Å². The summed E-state index contributed by atoms with van der Waals surface area (Å²) in [6.45, 7) is 6.39. The molecule has 2 aliphatic rings. The number of H-pyrrole nitrogens is 1. The third kappa shape index (κ3) is 3.66. The maximum atomic E-state index is 12.6. The minimum absolute atomic E-state index is 0.0501. The fraction of sp³-hybridized carbons (Fsp3) is 0.500. The minimum atomic E-state index is -0.496. The molecule has 1 saturated heterocycles. The van der Waals surface area contributed by atoms with Gasteiger partial charge in [-0.3, -0.25) is 4.90 Å². The molecule has 2 aromatic rings. The predicted molar refractivity (Wildman–Crippen MR) is 111 cm³/mol. The van der Waals surface area contributed by atoms with Crippen molar-refractivity contribution < 1.29 is 12.6 Å². The smallest absolute Gasteiger partial charge is 0.410 e. The second-order valence-electron chi connectivity index (χ2n) is 8.18. The Bertz CT molecular complexity index is 872. The van der Waals surface area contributed by atoms with Gasteiger partial charge in [-0.1, -0.05) is 0 Å². The number of halogens is 1. The molecule has 1 aromatic heterocycles. The summed E-state index contributed by atoms with van der Waals surface area (Å²) in [6, 6.07) is 6.08. The van der Waals surface area contributed by atoms with Crippen LogP contribution in [0.3, 0.4) is 0 Å². The number of rotatable bonds is 2. The fourth-order valence-corrected chi connectivity index (χ4v) is 4.17. The van der Waals surface area contributed by atoms with Crippen molar-refractivity contribution in [3.8, 4) is 17.0 Å². The summed E-state index contributed by atoms with van der Waals surface area (Å²) in [6.07, 6.45) is 3.48. The van der Waals surface area contributed by atoms with Crippen molar-refractivity contribution in [1.29, 1.82) is 0 Å². The molecule has 27 heavy (non-hydrogen) atoms. The average molecular weight is 481 g/mol. The maximum absolute atomic E-state index is 12.6. The van der Waals surface area contributed by atoms with Crippen LogP contribution in [0.1, 0.15) is 56.7 Å². The van der Waals surface area contributed by atoms with Crippen molar-refractivity contribution in [2.45, 2.75) is 58.1 Å². The van der Waals surface area contributed by atoms with Gasteiger partial charge < -0.3 is 12.8 Å². The van der Waals surface area contributed by atoms with E-state index >= 15 is 0 Å². The van der Waals surface area contributed by atoms with Gasteiger partial charge in [0, 0.05) is 17.8 Å². The van der Waals surface area contributed by atoms with E-state index in [0.717, 1.165) is 54.2 Å². The van der Waals surface area contributed by atoms with E-state index in [1.807, 2.05) is 54.7 Å². The summed E-state index contributed by atoms with van der Waals surface area (Å²) in [4.78, 5) is 22.8. The molecule has 0 spiro atoms. The molecule has 144 valence electrons. The first-order chi connectivity index (χ1) is 12.9. The molecule has 1 amide bonds. The van der Waals surface area contributed by atoms with E-state index in [1.54, 1.807) is 0 Å². The molecule has 1 fully saturated rings. The Labute approximate surface area is 173 Å². The van der Waals surface area contributed by atoms with Gasteiger partial charge in [-0.15, -0.1) is 0 Å². The minimum Gasteiger partial charge on any atom is -0.444 e. The summed E-state index contributed by atoms with van der Waals surface area (Å²) in [5.41, 5.74) is 4.06. The number of carbonyl (C=O) groups excluding carboxylic acids is 1. The number of ether oxygens (including phenoxy) is 1. The number of imidazole rings is 1. The molecule has 1 aliphatic carbocycles. The largest absolute Gasteiger partial charge is 0.444 e. The number of carbonyl (C=O) groups is 1. The molecule has 1 atom stereocenters. The molecular weight excluding hydrogens is 457 g/mol. The standard InChI is InChI=1S/C20H24IN3O3/c1-20(2,3)26-19(25)24-10-4-5-16(24)18-22-15-9-6-12-11-13(27-21)7-8-14(12)17(15)23-18/h7-8,11,16H,4-6,9-10H2,1-3H3,(H,22,23). The van der Waals surface area contributed by atoms with Crippen LogP contribution in [0.4, 0.5) is 4.79 Å². The zero-order valence-corrected chi connectivity index (χ0v) is 18.0. The lowest BCUT2D eigenvalue weighted by Gasteiger charge is -2.27. The van der Waals surface area contributed by atoms with Crippen molar-refractivity contribution in [1.82, 2.24) is 14.9 Å². The summed E-state index contributed by atoms with van der Waals surface area (Å²) in [7, 11) is 0. The zero-order valence-electron chi connectivity index (χ0n) is 15.8.